The lowest BCUT2D eigenvalue weighted by Gasteiger charge is -2.19. The van der Waals surface area contributed by atoms with E-state index in [-0.39, 0.29) is 23.6 Å². The molecule has 0 bridgehead atoms. The molecule has 1 amide bonds. The first-order chi connectivity index (χ1) is 12.4. The van der Waals surface area contributed by atoms with Crippen molar-refractivity contribution in [2.45, 2.75) is 26.2 Å². The highest BCUT2D eigenvalue weighted by Crippen LogP contribution is 2.24. The smallest absolute Gasteiger partial charge is 0.357 e. The van der Waals surface area contributed by atoms with Crippen LogP contribution >= 0.6 is 0 Å². The molecule has 0 aliphatic carbocycles. The molecule has 0 atom stereocenters. The second kappa shape index (κ2) is 8.99. The molecular formula is C20H24N2O4. The Morgan fingerprint density at radius 3 is 2.42 bits per heavy atom. The van der Waals surface area contributed by atoms with Crippen molar-refractivity contribution in [1.82, 2.24) is 10.3 Å². The number of hydrogen-bond donors (Lipinski definition) is 1. The standard InChI is InChI=1S/C20H24N2O4/c1-20(2,3)15-7-9-16(10-8-15)25-13-12-22-18(23)14-26-19(24)17-6-4-5-11-21-17/h4-11H,12-14H2,1-3H3,(H,22,23). The highest BCUT2D eigenvalue weighted by atomic mass is 16.5. The van der Waals surface area contributed by atoms with E-state index in [9.17, 15) is 9.59 Å². The molecule has 6 heteroatoms. The van der Waals surface area contributed by atoms with Gasteiger partial charge in [0.2, 0.25) is 0 Å². The number of esters is 1. The van der Waals surface area contributed by atoms with Gasteiger partial charge in [0, 0.05) is 6.20 Å². The predicted molar refractivity (Wildman–Crippen MR) is 98.2 cm³/mol. The molecule has 138 valence electrons. The van der Waals surface area contributed by atoms with Crippen molar-refractivity contribution in [2.75, 3.05) is 19.8 Å². The fourth-order valence-corrected chi connectivity index (χ4v) is 2.15. The number of rotatable bonds is 7. The van der Waals surface area contributed by atoms with Crippen molar-refractivity contribution in [3.63, 3.8) is 0 Å². The monoisotopic (exact) mass is 356 g/mol. The summed E-state index contributed by atoms with van der Waals surface area (Å²) >= 11 is 0. The van der Waals surface area contributed by atoms with E-state index in [2.05, 4.69) is 31.1 Å². The highest BCUT2D eigenvalue weighted by molar-refractivity contribution is 5.89. The number of amides is 1. The Labute approximate surface area is 153 Å². The zero-order valence-electron chi connectivity index (χ0n) is 15.3. The maximum absolute atomic E-state index is 11.7. The Morgan fingerprint density at radius 1 is 1.08 bits per heavy atom. The summed E-state index contributed by atoms with van der Waals surface area (Å²) < 4.78 is 10.5. The van der Waals surface area contributed by atoms with E-state index in [0.29, 0.717) is 13.2 Å². The Morgan fingerprint density at radius 2 is 1.81 bits per heavy atom. The van der Waals surface area contributed by atoms with Crippen molar-refractivity contribution < 1.29 is 19.1 Å². The van der Waals surface area contributed by atoms with Crippen LogP contribution < -0.4 is 10.1 Å². The van der Waals surface area contributed by atoms with E-state index >= 15 is 0 Å². The molecule has 0 aliphatic heterocycles. The van der Waals surface area contributed by atoms with Gasteiger partial charge < -0.3 is 14.8 Å². The fraction of sp³-hybridized carbons (Fsp3) is 0.350. The zero-order chi connectivity index (χ0) is 19.0. The number of hydrogen-bond acceptors (Lipinski definition) is 5. The molecule has 6 nitrogen and oxygen atoms in total. The van der Waals surface area contributed by atoms with Gasteiger partial charge in [-0.2, -0.15) is 0 Å². The number of benzene rings is 1. The molecule has 0 saturated carbocycles. The van der Waals surface area contributed by atoms with Crippen LogP contribution in [-0.4, -0.2) is 36.6 Å². The van der Waals surface area contributed by atoms with Crippen LogP contribution in [0.3, 0.4) is 0 Å². The van der Waals surface area contributed by atoms with Crippen molar-refractivity contribution in [3.8, 4) is 5.75 Å². The average molecular weight is 356 g/mol. The summed E-state index contributed by atoms with van der Waals surface area (Å²) in [5.74, 6) is -0.272. The first-order valence-corrected chi connectivity index (χ1v) is 8.44. The summed E-state index contributed by atoms with van der Waals surface area (Å²) in [6, 6.07) is 12.8. The van der Waals surface area contributed by atoms with Crippen LogP contribution in [0.4, 0.5) is 0 Å². The molecule has 1 aromatic carbocycles. The van der Waals surface area contributed by atoms with Crippen molar-refractivity contribution in [3.05, 3.63) is 59.9 Å². The van der Waals surface area contributed by atoms with Gasteiger partial charge in [0.15, 0.2) is 6.61 Å². The lowest BCUT2D eigenvalue weighted by atomic mass is 9.87. The summed E-state index contributed by atoms with van der Waals surface area (Å²) in [4.78, 5) is 27.2. The number of carbonyl (C=O) groups excluding carboxylic acids is 2. The number of nitrogens with zero attached hydrogens (tertiary/aromatic N) is 1. The third kappa shape index (κ3) is 6.20. The minimum absolute atomic E-state index is 0.0964. The second-order valence-corrected chi connectivity index (χ2v) is 6.76. The highest BCUT2D eigenvalue weighted by Gasteiger charge is 2.13. The SMILES string of the molecule is CC(C)(C)c1ccc(OCCNC(=O)COC(=O)c2ccccn2)cc1. The molecule has 0 radical (unpaired) electrons. The molecule has 0 fully saturated rings. The van der Waals surface area contributed by atoms with Crippen LogP contribution in [0.2, 0.25) is 0 Å². The Balaban J connectivity index is 1.65. The van der Waals surface area contributed by atoms with Crippen molar-refractivity contribution >= 4 is 11.9 Å². The van der Waals surface area contributed by atoms with Gasteiger partial charge in [0.25, 0.3) is 5.91 Å². The van der Waals surface area contributed by atoms with Gasteiger partial charge in [-0.15, -0.1) is 0 Å². The quantitative estimate of drug-likeness (QED) is 0.610. The van der Waals surface area contributed by atoms with Gasteiger partial charge in [-0.1, -0.05) is 39.0 Å². The zero-order valence-corrected chi connectivity index (χ0v) is 15.3. The van der Waals surface area contributed by atoms with Gasteiger partial charge in [-0.3, -0.25) is 4.79 Å². The number of nitrogens with one attached hydrogen (secondary N) is 1. The Hall–Kier alpha value is -2.89. The van der Waals surface area contributed by atoms with Crippen LogP contribution in [0.15, 0.2) is 48.7 Å². The summed E-state index contributed by atoms with van der Waals surface area (Å²) in [7, 11) is 0. The third-order valence-electron chi connectivity index (χ3n) is 3.62. The van der Waals surface area contributed by atoms with Gasteiger partial charge in [-0.05, 0) is 35.2 Å². The van der Waals surface area contributed by atoms with Gasteiger partial charge in [-0.25, -0.2) is 9.78 Å². The minimum atomic E-state index is -0.629. The first kappa shape index (κ1) is 19.4. The number of ether oxygens (including phenoxy) is 2. The van der Waals surface area contributed by atoms with E-state index in [0.717, 1.165) is 5.75 Å². The lowest BCUT2D eigenvalue weighted by molar-refractivity contribution is -0.124. The Kier molecular flexibility index (Phi) is 6.72. The molecule has 2 aromatic rings. The number of carbonyl (C=O) groups is 2. The van der Waals surface area contributed by atoms with Gasteiger partial charge >= 0.3 is 5.97 Å². The molecule has 1 N–H and O–H groups in total. The molecular weight excluding hydrogens is 332 g/mol. The predicted octanol–water partition coefficient (Wildman–Crippen LogP) is 2.73. The molecule has 0 spiro atoms. The van der Waals surface area contributed by atoms with Crippen LogP contribution in [0.5, 0.6) is 5.75 Å². The molecule has 26 heavy (non-hydrogen) atoms. The largest absolute Gasteiger partial charge is 0.492 e. The van der Waals surface area contributed by atoms with Crippen LogP contribution in [0.1, 0.15) is 36.8 Å². The van der Waals surface area contributed by atoms with Crippen molar-refractivity contribution in [1.29, 1.82) is 0 Å². The Bertz CT molecular complexity index is 722. The second-order valence-electron chi connectivity index (χ2n) is 6.76. The van der Waals surface area contributed by atoms with E-state index in [1.807, 2.05) is 24.3 Å². The van der Waals surface area contributed by atoms with Crippen LogP contribution in [0.25, 0.3) is 0 Å². The fourth-order valence-electron chi connectivity index (χ4n) is 2.15. The van der Waals surface area contributed by atoms with Gasteiger partial charge in [0.1, 0.15) is 18.1 Å². The van der Waals surface area contributed by atoms with E-state index < -0.39 is 5.97 Å². The summed E-state index contributed by atoms with van der Waals surface area (Å²) in [5.41, 5.74) is 1.49. The van der Waals surface area contributed by atoms with Crippen LogP contribution in [0, 0.1) is 0 Å². The van der Waals surface area contributed by atoms with E-state index in [1.54, 1.807) is 12.1 Å². The topological polar surface area (TPSA) is 77.5 Å². The summed E-state index contributed by atoms with van der Waals surface area (Å²) in [5, 5.41) is 2.63. The van der Waals surface area contributed by atoms with E-state index in [1.165, 1.54) is 17.8 Å². The maximum atomic E-state index is 11.7. The molecule has 2 rings (SSSR count). The summed E-state index contributed by atoms with van der Waals surface area (Å²) in [6.07, 6.45) is 1.49. The van der Waals surface area contributed by atoms with Crippen LogP contribution in [-0.2, 0) is 14.9 Å². The average Bonchev–Trinajstić information content (AvgIpc) is 2.63. The summed E-state index contributed by atoms with van der Waals surface area (Å²) in [6.45, 7) is 6.75. The first-order valence-electron chi connectivity index (χ1n) is 8.44. The number of aromatic nitrogens is 1. The molecule has 0 saturated heterocycles. The lowest BCUT2D eigenvalue weighted by Crippen LogP contribution is -2.32. The normalized spacial score (nSPS) is 10.9. The molecule has 1 aromatic heterocycles. The minimum Gasteiger partial charge on any atom is -0.492 e. The number of pyridine rings is 1. The molecule has 0 aliphatic rings. The maximum Gasteiger partial charge on any atom is 0.357 e. The third-order valence-corrected chi connectivity index (χ3v) is 3.62. The van der Waals surface area contributed by atoms with E-state index in [4.69, 9.17) is 9.47 Å². The van der Waals surface area contributed by atoms with Gasteiger partial charge in [0.05, 0.1) is 6.54 Å². The molecule has 0 unspecified atom stereocenters. The van der Waals surface area contributed by atoms with Crippen molar-refractivity contribution in [2.24, 2.45) is 0 Å². The molecule has 1 heterocycles.